The van der Waals surface area contributed by atoms with Gasteiger partial charge in [0.2, 0.25) is 0 Å². The summed E-state index contributed by atoms with van der Waals surface area (Å²) in [7, 11) is 0. The molecule has 0 radical (unpaired) electrons. The largest absolute Gasteiger partial charge is 0.416 e. The van der Waals surface area contributed by atoms with Crippen LogP contribution in [0.2, 0.25) is 0 Å². The lowest BCUT2D eigenvalue weighted by molar-refractivity contribution is -0.0891. The molecule has 0 aromatic carbocycles. The average Bonchev–Trinajstić information content (AvgIpc) is 2.55. The Balaban J connectivity index is 6.74. The van der Waals surface area contributed by atoms with Crippen LogP contribution in [0.25, 0.3) is 0 Å². The van der Waals surface area contributed by atoms with Crippen molar-refractivity contribution in [3.8, 4) is 0 Å². The summed E-state index contributed by atoms with van der Waals surface area (Å²) < 4.78 is 54.2. The molecule has 0 bridgehead atoms. The zero-order valence-electron chi connectivity index (χ0n) is 15.7. The predicted molar refractivity (Wildman–Crippen MR) is 98.9 cm³/mol. The van der Waals surface area contributed by atoms with E-state index in [0.717, 1.165) is 23.6 Å². The molecule has 0 aliphatic rings. The molecule has 0 saturated heterocycles. The third-order valence-corrected chi connectivity index (χ3v) is 3.81. The zero-order chi connectivity index (χ0) is 19.6. The minimum Gasteiger partial charge on any atom is -0.207 e. The quantitative estimate of drug-likeness (QED) is 0.306. The van der Waals surface area contributed by atoms with E-state index in [-0.39, 0.29) is 12.0 Å². The molecule has 0 heterocycles. The second kappa shape index (κ2) is 10.9. The normalized spacial score (nSPS) is 16.0. The lowest BCUT2D eigenvalue weighted by atomic mass is 9.90. The first-order chi connectivity index (χ1) is 11.6. The standard InChI is InChI=1S/C21H28F4/c1-7-11-16(6)19(13-12-15(5)8-2)18(10-4)20(21(23,24)25)14-17(22)9-3/h9,11-14H,3,7-8,10H2,1-2,4-6H3/b15-12-,16-11-,17-14+,19-13+,20-18-. The first-order valence-electron chi connectivity index (χ1n) is 8.47. The number of allylic oxidation sites excluding steroid dienone is 11. The van der Waals surface area contributed by atoms with E-state index in [1.165, 1.54) is 0 Å². The maximum Gasteiger partial charge on any atom is 0.416 e. The Morgan fingerprint density at radius 1 is 1.00 bits per heavy atom. The van der Waals surface area contributed by atoms with Gasteiger partial charge in [0.15, 0.2) is 0 Å². The average molecular weight is 356 g/mol. The van der Waals surface area contributed by atoms with Crippen molar-refractivity contribution in [2.24, 2.45) is 0 Å². The lowest BCUT2D eigenvalue weighted by Gasteiger charge is -2.18. The number of alkyl halides is 3. The molecular formula is C21H28F4. The van der Waals surface area contributed by atoms with Crippen LogP contribution in [0.4, 0.5) is 17.6 Å². The molecule has 0 fully saturated rings. The van der Waals surface area contributed by atoms with Crippen molar-refractivity contribution in [1.82, 2.24) is 0 Å². The Morgan fingerprint density at radius 3 is 2.00 bits per heavy atom. The summed E-state index contributed by atoms with van der Waals surface area (Å²) in [6, 6.07) is 0. The van der Waals surface area contributed by atoms with Crippen molar-refractivity contribution >= 4 is 0 Å². The van der Waals surface area contributed by atoms with Crippen LogP contribution in [0.1, 0.15) is 53.9 Å². The summed E-state index contributed by atoms with van der Waals surface area (Å²) in [5.74, 6) is -1.00. The van der Waals surface area contributed by atoms with E-state index in [1.54, 1.807) is 19.9 Å². The van der Waals surface area contributed by atoms with E-state index in [0.29, 0.717) is 18.1 Å². The molecule has 0 rings (SSSR count). The highest BCUT2D eigenvalue weighted by Crippen LogP contribution is 2.36. The van der Waals surface area contributed by atoms with E-state index < -0.39 is 17.6 Å². The van der Waals surface area contributed by atoms with Crippen molar-refractivity contribution in [3.63, 3.8) is 0 Å². The van der Waals surface area contributed by atoms with Gasteiger partial charge in [0, 0.05) is 0 Å². The molecule has 0 aromatic heterocycles. The Kier molecular flexibility index (Phi) is 10.1. The topological polar surface area (TPSA) is 0 Å². The molecule has 0 N–H and O–H groups in total. The third kappa shape index (κ3) is 7.72. The van der Waals surface area contributed by atoms with Crippen LogP contribution in [-0.4, -0.2) is 6.18 Å². The molecule has 0 nitrogen and oxygen atoms in total. The summed E-state index contributed by atoms with van der Waals surface area (Å²) in [5, 5.41) is 0. The van der Waals surface area contributed by atoms with E-state index in [2.05, 4.69) is 6.58 Å². The number of halogens is 4. The predicted octanol–water partition coefficient (Wildman–Crippen LogP) is 7.93. The van der Waals surface area contributed by atoms with Gasteiger partial charge in [0.1, 0.15) is 5.83 Å². The van der Waals surface area contributed by atoms with Crippen LogP contribution in [0.3, 0.4) is 0 Å². The van der Waals surface area contributed by atoms with Crippen molar-refractivity contribution in [3.05, 3.63) is 70.7 Å². The van der Waals surface area contributed by atoms with Crippen molar-refractivity contribution < 1.29 is 17.6 Å². The highest BCUT2D eigenvalue weighted by Gasteiger charge is 2.35. The molecule has 0 saturated carbocycles. The SMILES string of the molecule is C=C\C(F)=C/C(=C(CC)/C(=C/C=C(/C)CC)C(/C)=C\CC)C(F)(F)F. The van der Waals surface area contributed by atoms with E-state index in [4.69, 9.17) is 0 Å². The highest BCUT2D eigenvalue weighted by molar-refractivity contribution is 5.53. The van der Waals surface area contributed by atoms with Crippen molar-refractivity contribution in [1.29, 1.82) is 0 Å². The fourth-order valence-electron chi connectivity index (χ4n) is 2.29. The van der Waals surface area contributed by atoms with Gasteiger partial charge in [0.05, 0.1) is 5.57 Å². The van der Waals surface area contributed by atoms with Gasteiger partial charge in [-0.3, -0.25) is 0 Å². The fourth-order valence-corrected chi connectivity index (χ4v) is 2.29. The highest BCUT2D eigenvalue weighted by atomic mass is 19.4. The van der Waals surface area contributed by atoms with Crippen molar-refractivity contribution in [2.45, 2.75) is 60.1 Å². The Morgan fingerprint density at radius 2 is 1.60 bits per heavy atom. The summed E-state index contributed by atoms with van der Waals surface area (Å²) in [4.78, 5) is 0. The molecule has 0 atom stereocenters. The summed E-state index contributed by atoms with van der Waals surface area (Å²) >= 11 is 0. The molecule has 140 valence electrons. The van der Waals surface area contributed by atoms with E-state index in [1.807, 2.05) is 32.9 Å². The van der Waals surface area contributed by atoms with Gasteiger partial charge in [0.25, 0.3) is 0 Å². The summed E-state index contributed by atoms with van der Waals surface area (Å²) in [5.41, 5.74) is 1.39. The minimum atomic E-state index is -4.65. The third-order valence-electron chi connectivity index (χ3n) is 3.81. The number of hydrogen-bond acceptors (Lipinski definition) is 0. The Bertz CT molecular complexity index is 608. The number of hydrogen-bond donors (Lipinski definition) is 0. The van der Waals surface area contributed by atoms with Gasteiger partial charge in [-0.25, -0.2) is 4.39 Å². The van der Waals surface area contributed by atoms with Crippen LogP contribution in [-0.2, 0) is 0 Å². The molecule has 0 aromatic rings. The summed E-state index contributed by atoms with van der Waals surface area (Å²) in [6.07, 6.45) is 3.68. The molecular weight excluding hydrogens is 328 g/mol. The summed E-state index contributed by atoms with van der Waals surface area (Å²) in [6.45, 7) is 12.4. The lowest BCUT2D eigenvalue weighted by Crippen LogP contribution is -2.14. The number of rotatable bonds is 8. The van der Waals surface area contributed by atoms with E-state index in [9.17, 15) is 17.6 Å². The minimum absolute atomic E-state index is 0.0758. The van der Waals surface area contributed by atoms with Gasteiger partial charge in [-0.05, 0) is 62.0 Å². The molecule has 25 heavy (non-hydrogen) atoms. The molecule has 0 aliphatic heterocycles. The van der Waals surface area contributed by atoms with Gasteiger partial charge < -0.3 is 0 Å². The van der Waals surface area contributed by atoms with Gasteiger partial charge in [-0.2, -0.15) is 13.2 Å². The van der Waals surface area contributed by atoms with Crippen LogP contribution >= 0.6 is 0 Å². The molecule has 0 aliphatic carbocycles. The first kappa shape index (κ1) is 23.2. The smallest absolute Gasteiger partial charge is 0.207 e. The maximum absolute atomic E-state index is 13.6. The van der Waals surface area contributed by atoms with Crippen LogP contribution < -0.4 is 0 Å². The Hall–Kier alpha value is -1.84. The fraction of sp³-hybridized carbons (Fsp3) is 0.429. The second-order valence-electron chi connectivity index (χ2n) is 5.72. The van der Waals surface area contributed by atoms with Crippen LogP contribution in [0.5, 0.6) is 0 Å². The first-order valence-corrected chi connectivity index (χ1v) is 8.47. The van der Waals surface area contributed by atoms with Crippen LogP contribution in [0.15, 0.2) is 70.7 Å². The Labute approximate surface area is 149 Å². The van der Waals surface area contributed by atoms with Gasteiger partial charge in [-0.1, -0.05) is 51.2 Å². The molecule has 0 spiro atoms. The van der Waals surface area contributed by atoms with Crippen molar-refractivity contribution in [2.75, 3.05) is 0 Å². The zero-order valence-corrected chi connectivity index (χ0v) is 15.7. The molecule has 0 amide bonds. The monoisotopic (exact) mass is 356 g/mol. The van der Waals surface area contributed by atoms with Crippen LogP contribution in [0, 0.1) is 0 Å². The maximum atomic E-state index is 13.6. The van der Waals surface area contributed by atoms with Gasteiger partial charge >= 0.3 is 6.18 Å². The van der Waals surface area contributed by atoms with E-state index >= 15 is 0 Å². The molecule has 0 unspecified atom stereocenters. The second-order valence-corrected chi connectivity index (χ2v) is 5.72. The molecule has 4 heteroatoms. The van der Waals surface area contributed by atoms with Gasteiger partial charge in [-0.15, -0.1) is 0 Å².